The number of benzene rings is 2. The normalized spacial score (nSPS) is 10.8. The number of nitrogens with zero attached hydrogens (tertiary/aromatic N) is 4. The molecular weight excluding hydrogens is 407 g/mol. The van der Waals surface area contributed by atoms with E-state index in [2.05, 4.69) is 35.5 Å². The van der Waals surface area contributed by atoms with Crippen LogP contribution in [-0.4, -0.2) is 31.4 Å². The summed E-state index contributed by atoms with van der Waals surface area (Å²) in [6, 6.07) is 11.2. The molecule has 3 N–H and O–H groups in total. The molecule has 0 saturated carbocycles. The Bertz CT molecular complexity index is 1180. The average Bonchev–Trinajstić information content (AvgIpc) is 3.12. The molecule has 0 unspecified atom stereocenters. The average molecular weight is 417 g/mol. The number of fused-ring (bicyclic) bond motifs is 1. The number of hydrogen-bond donors (Lipinski definition) is 3. The summed E-state index contributed by atoms with van der Waals surface area (Å²) in [5.41, 5.74) is 1.83. The van der Waals surface area contributed by atoms with Crippen molar-refractivity contribution in [1.29, 1.82) is 0 Å². The van der Waals surface area contributed by atoms with Crippen molar-refractivity contribution in [3.63, 3.8) is 0 Å². The maximum atomic E-state index is 11.0. The molecule has 2 aromatic heterocycles. The summed E-state index contributed by atoms with van der Waals surface area (Å²) in [7, 11) is 0. The van der Waals surface area contributed by atoms with E-state index in [0.29, 0.717) is 33.1 Å². The number of nitrogens with one attached hydrogen (secondary N) is 2. The standard InChI is InChI=1S/C17H10Cl2N6O3/c18-11-6-5-10(7-12(11)19)21-14-13(22-15-16(23-14)25-28-24-15)20-9-3-1-8(2-4-9)17(26)27/h1-7H,(H,26,27)(H,20,22,24)(H,21,23,25). The zero-order valence-corrected chi connectivity index (χ0v) is 15.4. The lowest BCUT2D eigenvalue weighted by atomic mass is 10.2. The van der Waals surface area contributed by atoms with Crippen LogP contribution in [0.25, 0.3) is 11.3 Å². The van der Waals surface area contributed by atoms with Crippen LogP contribution in [0.2, 0.25) is 10.0 Å². The van der Waals surface area contributed by atoms with Gasteiger partial charge in [0.05, 0.1) is 15.6 Å². The van der Waals surface area contributed by atoms with Crippen LogP contribution in [0.3, 0.4) is 0 Å². The van der Waals surface area contributed by atoms with Gasteiger partial charge >= 0.3 is 5.97 Å². The molecule has 140 valence electrons. The molecule has 11 heteroatoms. The van der Waals surface area contributed by atoms with Crippen molar-refractivity contribution in [1.82, 2.24) is 20.3 Å². The molecule has 2 heterocycles. The Morgan fingerprint density at radius 1 is 0.857 bits per heavy atom. The van der Waals surface area contributed by atoms with E-state index in [1.807, 2.05) is 0 Å². The highest BCUT2D eigenvalue weighted by atomic mass is 35.5. The summed E-state index contributed by atoms with van der Waals surface area (Å²) < 4.78 is 4.67. The predicted molar refractivity (Wildman–Crippen MR) is 104 cm³/mol. The van der Waals surface area contributed by atoms with E-state index in [1.165, 1.54) is 12.1 Å². The Kier molecular flexibility index (Phi) is 4.68. The first-order valence-corrected chi connectivity index (χ1v) is 8.58. The maximum Gasteiger partial charge on any atom is 0.335 e. The van der Waals surface area contributed by atoms with E-state index in [4.69, 9.17) is 28.3 Å². The number of hydrogen-bond acceptors (Lipinski definition) is 8. The first-order chi connectivity index (χ1) is 13.5. The van der Waals surface area contributed by atoms with Crippen LogP contribution in [0.1, 0.15) is 10.4 Å². The molecular formula is C17H10Cl2N6O3. The van der Waals surface area contributed by atoms with Gasteiger partial charge in [-0.25, -0.2) is 19.4 Å². The first-order valence-electron chi connectivity index (χ1n) is 7.82. The molecule has 28 heavy (non-hydrogen) atoms. The highest BCUT2D eigenvalue weighted by Crippen LogP contribution is 2.30. The molecule has 0 aliphatic rings. The van der Waals surface area contributed by atoms with E-state index in [9.17, 15) is 4.79 Å². The van der Waals surface area contributed by atoms with Crippen molar-refractivity contribution in [2.24, 2.45) is 0 Å². The van der Waals surface area contributed by atoms with Crippen LogP contribution in [0.5, 0.6) is 0 Å². The minimum atomic E-state index is -1.01. The van der Waals surface area contributed by atoms with Crippen molar-refractivity contribution in [3.8, 4) is 0 Å². The molecule has 0 spiro atoms. The second-order valence-electron chi connectivity index (χ2n) is 5.59. The molecule has 0 radical (unpaired) electrons. The SMILES string of the molecule is O=C(O)c1ccc(Nc2nc3nonc3nc2Nc2ccc(Cl)c(Cl)c2)cc1. The van der Waals surface area contributed by atoms with Crippen molar-refractivity contribution in [2.75, 3.05) is 10.6 Å². The number of rotatable bonds is 5. The number of aromatic carboxylic acids is 1. The second kappa shape index (κ2) is 7.29. The lowest BCUT2D eigenvalue weighted by Gasteiger charge is -2.12. The molecule has 9 nitrogen and oxygen atoms in total. The molecule has 0 aliphatic heterocycles. The molecule has 4 rings (SSSR count). The largest absolute Gasteiger partial charge is 0.478 e. The zero-order chi connectivity index (χ0) is 19.7. The molecule has 0 amide bonds. The third kappa shape index (κ3) is 3.66. The third-order valence-corrected chi connectivity index (χ3v) is 4.43. The fraction of sp³-hybridized carbons (Fsp3) is 0. The van der Waals surface area contributed by atoms with Crippen LogP contribution in [0.4, 0.5) is 23.0 Å². The number of carboxylic acid groups (broad SMARTS) is 1. The smallest absolute Gasteiger partial charge is 0.335 e. The van der Waals surface area contributed by atoms with Crippen molar-refractivity contribution < 1.29 is 14.5 Å². The summed E-state index contributed by atoms with van der Waals surface area (Å²) in [4.78, 5) is 19.7. The van der Waals surface area contributed by atoms with Gasteiger partial charge in [-0.1, -0.05) is 23.2 Å². The second-order valence-corrected chi connectivity index (χ2v) is 6.41. The van der Waals surface area contributed by atoms with Crippen LogP contribution >= 0.6 is 23.2 Å². The Hall–Kier alpha value is -3.43. The van der Waals surface area contributed by atoms with E-state index in [-0.39, 0.29) is 16.9 Å². The molecule has 0 saturated heterocycles. The summed E-state index contributed by atoms with van der Waals surface area (Å²) in [5, 5.41) is 23.4. The van der Waals surface area contributed by atoms with Gasteiger partial charge in [0.2, 0.25) is 11.3 Å². The van der Waals surface area contributed by atoms with Gasteiger partial charge in [0.15, 0.2) is 11.6 Å². The van der Waals surface area contributed by atoms with Crippen LogP contribution in [0, 0.1) is 0 Å². The number of carbonyl (C=O) groups is 1. The van der Waals surface area contributed by atoms with E-state index in [0.717, 1.165) is 0 Å². The Labute approximate surface area is 167 Å². The number of halogens is 2. The Morgan fingerprint density at radius 3 is 2.00 bits per heavy atom. The Balaban J connectivity index is 1.70. The highest BCUT2D eigenvalue weighted by molar-refractivity contribution is 6.42. The quantitative estimate of drug-likeness (QED) is 0.430. The zero-order valence-electron chi connectivity index (χ0n) is 13.8. The van der Waals surface area contributed by atoms with Crippen molar-refractivity contribution in [2.45, 2.75) is 0 Å². The maximum absolute atomic E-state index is 11.0. The van der Waals surface area contributed by atoms with Crippen LogP contribution in [-0.2, 0) is 0 Å². The topological polar surface area (TPSA) is 126 Å². The fourth-order valence-corrected chi connectivity index (χ4v) is 2.65. The van der Waals surface area contributed by atoms with Gasteiger partial charge in [-0.3, -0.25) is 0 Å². The summed E-state index contributed by atoms with van der Waals surface area (Å²) in [5.74, 6) is -0.343. The van der Waals surface area contributed by atoms with Gasteiger partial charge < -0.3 is 15.7 Å². The molecule has 0 aliphatic carbocycles. The van der Waals surface area contributed by atoms with Crippen LogP contribution < -0.4 is 10.6 Å². The number of aromatic nitrogens is 4. The fourth-order valence-electron chi connectivity index (χ4n) is 2.36. The monoisotopic (exact) mass is 416 g/mol. The van der Waals surface area contributed by atoms with Crippen molar-refractivity contribution in [3.05, 3.63) is 58.1 Å². The van der Waals surface area contributed by atoms with Crippen molar-refractivity contribution >= 4 is 63.5 Å². The van der Waals surface area contributed by atoms with E-state index in [1.54, 1.807) is 30.3 Å². The van der Waals surface area contributed by atoms with Gasteiger partial charge in [0.25, 0.3) is 0 Å². The van der Waals surface area contributed by atoms with Crippen LogP contribution in [0.15, 0.2) is 47.1 Å². The lowest BCUT2D eigenvalue weighted by molar-refractivity contribution is 0.0697. The minimum absolute atomic E-state index is 0.168. The third-order valence-electron chi connectivity index (χ3n) is 3.69. The van der Waals surface area contributed by atoms with E-state index < -0.39 is 5.97 Å². The van der Waals surface area contributed by atoms with E-state index >= 15 is 0 Å². The van der Waals surface area contributed by atoms with Gasteiger partial charge in [0, 0.05) is 11.4 Å². The lowest BCUT2D eigenvalue weighted by Crippen LogP contribution is -2.04. The molecule has 0 bridgehead atoms. The molecule has 0 fully saturated rings. The molecule has 0 atom stereocenters. The van der Waals surface area contributed by atoms with Gasteiger partial charge in [-0.2, -0.15) is 0 Å². The molecule has 2 aromatic carbocycles. The minimum Gasteiger partial charge on any atom is -0.478 e. The summed E-state index contributed by atoms with van der Waals surface area (Å²) in [6.45, 7) is 0. The predicted octanol–water partition coefficient (Wildman–Crippen LogP) is 4.51. The number of carboxylic acids is 1. The Morgan fingerprint density at radius 2 is 1.43 bits per heavy atom. The van der Waals surface area contributed by atoms with Gasteiger partial charge in [-0.05, 0) is 52.8 Å². The van der Waals surface area contributed by atoms with Gasteiger partial charge in [0.1, 0.15) is 0 Å². The number of anilines is 4. The summed E-state index contributed by atoms with van der Waals surface area (Å²) >= 11 is 12.0. The van der Waals surface area contributed by atoms with Gasteiger partial charge in [-0.15, -0.1) is 0 Å². The summed E-state index contributed by atoms with van der Waals surface area (Å²) in [6.07, 6.45) is 0. The molecule has 4 aromatic rings. The highest BCUT2D eigenvalue weighted by Gasteiger charge is 2.14. The first kappa shape index (κ1) is 18.0.